The molecular formula is C22H28ClN3O. The first-order valence-electron chi connectivity index (χ1n) is 9.67. The first-order valence-corrected chi connectivity index (χ1v) is 10.0. The largest absolute Gasteiger partial charge is 0.368 e. The highest BCUT2D eigenvalue weighted by molar-refractivity contribution is 6.33. The van der Waals surface area contributed by atoms with E-state index in [0.29, 0.717) is 6.54 Å². The Labute approximate surface area is 167 Å². The predicted octanol–water partition coefficient (Wildman–Crippen LogP) is 3.60. The van der Waals surface area contributed by atoms with Crippen molar-refractivity contribution < 1.29 is 4.79 Å². The number of halogens is 1. The minimum absolute atomic E-state index is 0.113. The molecule has 0 bridgehead atoms. The van der Waals surface area contributed by atoms with Crippen LogP contribution in [0.15, 0.2) is 54.6 Å². The highest BCUT2D eigenvalue weighted by atomic mass is 35.5. The van der Waals surface area contributed by atoms with Gasteiger partial charge in [0.2, 0.25) is 5.91 Å². The van der Waals surface area contributed by atoms with Gasteiger partial charge in [-0.25, -0.2) is 0 Å². The molecule has 0 spiro atoms. The number of benzene rings is 2. The molecule has 1 aliphatic heterocycles. The molecule has 1 aliphatic rings. The average molecular weight is 386 g/mol. The quantitative estimate of drug-likeness (QED) is 0.791. The number of para-hydroxylation sites is 1. The van der Waals surface area contributed by atoms with Gasteiger partial charge in [0, 0.05) is 32.2 Å². The van der Waals surface area contributed by atoms with Gasteiger partial charge >= 0.3 is 0 Å². The third-order valence-electron chi connectivity index (χ3n) is 5.05. The van der Waals surface area contributed by atoms with Crippen LogP contribution in [0.25, 0.3) is 0 Å². The van der Waals surface area contributed by atoms with E-state index in [1.54, 1.807) is 0 Å². The molecule has 27 heavy (non-hydrogen) atoms. The van der Waals surface area contributed by atoms with Gasteiger partial charge in [-0.15, -0.1) is 0 Å². The maximum Gasteiger partial charge on any atom is 0.234 e. The summed E-state index contributed by atoms with van der Waals surface area (Å²) in [5.74, 6) is 0.113. The molecule has 1 fully saturated rings. The van der Waals surface area contributed by atoms with Gasteiger partial charge in [0.25, 0.3) is 0 Å². The number of hydrogen-bond donors (Lipinski definition) is 1. The second-order valence-corrected chi connectivity index (χ2v) is 7.61. The van der Waals surface area contributed by atoms with E-state index in [2.05, 4.69) is 52.4 Å². The van der Waals surface area contributed by atoms with Crippen LogP contribution in [0.5, 0.6) is 0 Å². The maximum atomic E-state index is 12.4. The summed E-state index contributed by atoms with van der Waals surface area (Å²) in [5.41, 5.74) is 2.40. The first kappa shape index (κ1) is 19.7. The number of aryl methyl sites for hydroxylation is 1. The van der Waals surface area contributed by atoms with Crippen molar-refractivity contribution in [2.24, 2.45) is 0 Å². The number of hydrogen-bond acceptors (Lipinski definition) is 3. The number of rotatable bonds is 7. The Bertz CT molecular complexity index is 729. The van der Waals surface area contributed by atoms with Gasteiger partial charge in [0.15, 0.2) is 0 Å². The molecular weight excluding hydrogens is 358 g/mol. The number of carbonyl (C=O) groups excluding carboxylic acids is 1. The van der Waals surface area contributed by atoms with Crippen molar-refractivity contribution in [2.45, 2.75) is 25.8 Å². The van der Waals surface area contributed by atoms with E-state index in [1.165, 1.54) is 5.56 Å². The van der Waals surface area contributed by atoms with E-state index in [-0.39, 0.29) is 11.9 Å². The topological polar surface area (TPSA) is 35.6 Å². The van der Waals surface area contributed by atoms with E-state index >= 15 is 0 Å². The van der Waals surface area contributed by atoms with Crippen LogP contribution in [0.2, 0.25) is 5.02 Å². The van der Waals surface area contributed by atoms with Gasteiger partial charge < -0.3 is 10.2 Å². The smallest absolute Gasteiger partial charge is 0.234 e. The van der Waals surface area contributed by atoms with Gasteiger partial charge in [-0.2, -0.15) is 0 Å². The molecule has 4 nitrogen and oxygen atoms in total. The van der Waals surface area contributed by atoms with Crippen LogP contribution in [0.4, 0.5) is 5.69 Å². The third-order valence-corrected chi connectivity index (χ3v) is 5.37. The highest BCUT2D eigenvalue weighted by Crippen LogP contribution is 2.25. The summed E-state index contributed by atoms with van der Waals surface area (Å²) in [4.78, 5) is 16.9. The highest BCUT2D eigenvalue weighted by Gasteiger charge is 2.20. The van der Waals surface area contributed by atoms with Crippen LogP contribution in [0.3, 0.4) is 0 Å². The molecule has 144 valence electrons. The number of nitrogens with zero attached hydrogens (tertiary/aromatic N) is 2. The van der Waals surface area contributed by atoms with Crippen molar-refractivity contribution >= 4 is 23.2 Å². The minimum Gasteiger partial charge on any atom is -0.368 e. The number of anilines is 1. The van der Waals surface area contributed by atoms with Crippen molar-refractivity contribution in [3.05, 3.63) is 65.2 Å². The normalized spacial score (nSPS) is 16.1. The summed E-state index contributed by atoms with van der Waals surface area (Å²) >= 11 is 6.29. The average Bonchev–Trinajstić information content (AvgIpc) is 2.68. The van der Waals surface area contributed by atoms with Crippen molar-refractivity contribution in [1.29, 1.82) is 0 Å². The maximum absolute atomic E-state index is 12.4. The Morgan fingerprint density at radius 2 is 1.70 bits per heavy atom. The monoisotopic (exact) mass is 385 g/mol. The standard InChI is InChI=1S/C22H28ClN3O/c1-18(11-12-19-7-3-2-4-8-19)24-22(27)17-25-13-15-26(16-14-25)21-10-6-5-9-20(21)23/h2-10,18H,11-17H2,1H3,(H,24,27)/t18-/m0/s1. The zero-order valence-corrected chi connectivity index (χ0v) is 16.7. The van der Waals surface area contributed by atoms with Gasteiger partial charge in [0.1, 0.15) is 0 Å². The zero-order valence-electron chi connectivity index (χ0n) is 15.9. The van der Waals surface area contributed by atoms with E-state index in [1.807, 2.05) is 24.3 Å². The molecule has 0 aromatic heterocycles. The molecule has 1 heterocycles. The summed E-state index contributed by atoms with van der Waals surface area (Å²) in [6.45, 7) is 6.07. The summed E-state index contributed by atoms with van der Waals surface area (Å²) in [5, 5.41) is 3.92. The summed E-state index contributed by atoms with van der Waals surface area (Å²) < 4.78 is 0. The number of nitrogens with one attached hydrogen (secondary N) is 1. The molecule has 2 aromatic rings. The lowest BCUT2D eigenvalue weighted by molar-refractivity contribution is -0.122. The molecule has 1 atom stereocenters. The first-order chi connectivity index (χ1) is 13.1. The Morgan fingerprint density at radius 3 is 2.41 bits per heavy atom. The number of piperazine rings is 1. The molecule has 3 rings (SSSR count). The molecule has 5 heteroatoms. The molecule has 1 saturated heterocycles. The molecule has 0 aliphatic carbocycles. The van der Waals surface area contributed by atoms with Crippen LogP contribution in [0.1, 0.15) is 18.9 Å². The Kier molecular flexibility index (Phi) is 7.13. The molecule has 0 radical (unpaired) electrons. The molecule has 1 amide bonds. The van der Waals surface area contributed by atoms with Gasteiger partial charge in [-0.1, -0.05) is 54.1 Å². The second-order valence-electron chi connectivity index (χ2n) is 7.21. The van der Waals surface area contributed by atoms with Crippen molar-refractivity contribution in [3.8, 4) is 0 Å². The van der Waals surface area contributed by atoms with Gasteiger partial charge in [-0.3, -0.25) is 9.69 Å². The lowest BCUT2D eigenvalue weighted by Gasteiger charge is -2.36. The van der Waals surface area contributed by atoms with Crippen LogP contribution < -0.4 is 10.2 Å². The number of carbonyl (C=O) groups is 1. The van der Waals surface area contributed by atoms with E-state index in [4.69, 9.17) is 11.6 Å². The predicted molar refractivity (Wildman–Crippen MR) is 112 cm³/mol. The SMILES string of the molecule is C[C@@H](CCc1ccccc1)NC(=O)CN1CCN(c2ccccc2Cl)CC1. The lowest BCUT2D eigenvalue weighted by Crippen LogP contribution is -2.50. The summed E-state index contributed by atoms with van der Waals surface area (Å²) in [7, 11) is 0. The number of amides is 1. The summed E-state index contributed by atoms with van der Waals surface area (Å²) in [6.07, 6.45) is 1.94. The fourth-order valence-corrected chi connectivity index (χ4v) is 3.73. The molecule has 2 aromatic carbocycles. The Morgan fingerprint density at radius 1 is 1.04 bits per heavy atom. The van der Waals surface area contributed by atoms with Gasteiger partial charge in [0.05, 0.1) is 17.3 Å². The minimum atomic E-state index is 0.113. The van der Waals surface area contributed by atoms with E-state index < -0.39 is 0 Å². The van der Waals surface area contributed by atoms with E-state index in [9.17, 15) is 4.79 Å². The Balaban J connectivity index is 1.38. The fourth-order valence-electron chi connectivity index (χ4n) is 3.48. The van der Waals surface area contributed by atoms with Gasteiger partial charge in [-0.05, 0) is 37.5 Å². The van der Waals surface area contributed by atoms with Crippen LogP contribution in [-0.2, 0) is 11.2 Å². The molecule has 0 saturated carbocycles. The van der Waals surface area contributed by atoms with E-state index in [0.717, 1.165) is 49.7 Å². The van der Waals surface area contributed by atoms with Crippen LogP contribution in [0, 0.1) is 0 Å². The second kappa shape index (κ2) is 9.77. The molecule has 0 unspecified atom stereocenters. The molecule has 1 N–H and O–H groups in total. The van der Waals surface area contributed by atoms with Crippen molar-refractivity contribution in [3.63, 3.8) is 0 Å². The summed E-state index contributed by atoms with van der Waals surface area (Å²) in [6, 6.07) is 18.5. The Hall–Kier alpha value is -2.04. The van der Waals surface area contributed by atoms with Crippen molar-refractivity contribution in [1.82, 2.24) is 10.2 Å². The van der Waals surface area contributed by atoms with Crippen LogP contribution >= 0.6 is 11.6 Å². The fraction of sp³-hybridized carbons (Fsp3) is 0.409. The van der Waals surface area contributed by atoms with Crippen molar-refractivity contribution in [2.75, 3.05) is 37.6 Å². The third kappa shape index (κ3) is 5.98. The zero-order chi connectivity index (χ0) is 19.1. The lowest BCUT2D eigenvalue weighted by atomic mass is 10.1. The van der Waals surface area contributed by atoms with Crippen LogP contribution in [-0.4, -0.2) is 49.6 Å².